The third kappa shape index (κ3) is 8.12. The van der Waals surface area contributed by atoms with Crippen LogP contribution in [0, 0.1) is 6.92 Å². The third-order valence-corrected chi connectivity index (χ3v) is 2.52. The van der Waals surface area contributed by atoms with Crippen LogP contribution in [-0.4, -0.2) is 24.4 Å². The van der Waals surface area contributed by atoms with Crippen LogP contribution in [0.4, 0.5) is 0 Å². The molecule has 0 aromatic carbocycles. The van der Waals surface area contributed by atoms with E-state index in [0.29, 0.717) is 12.2 Å². The Balaban J connectivity index is 3.87. The Morgan fingerprint density at radius 3 is 1.69 bits per heavy atom. The first-order valence-corrected chi connectivity index (χ1v) is 6.59. The van der Waals surface area contributed by atoms with Crippen LogP contribution in [0.25, 0.3) is 0 Å². The second-order valence-corrected chi connectivity index (χ2v) is 4.89. The Morgan fingerprint density at radius 1 is 0.875 bits per heavy atom. The first-order chi connectivity index (χ1) is 7.49. The lowest BCUT2D eigenvalue weighted by molar-refractivity contribution is -0.0282. The van der Waals surface area contributed by atoms with Crippen LogP contribution in [0.5, 0.6) is 0 Å². The first kappa shape index (κ1) is 15.9. The van der Waals surface area contributed by atoms with Crippen molar-refractivity contribution in [2.24, 2.45) is 0 Å². The van der Waals surface area contributed by atoms with Gasteiger partial charge in [-0.3, -0.25) is 0 Å². The monoisotopic (exact) mass is 229 g/mol. The van der Waals surface area contributed by atoms with Gasteiger partial charge in [0.05, 0.1) is 24.4 Å². The summed E-state index contributed by atoms with van der Waals surface area (Å²) >= 11 is 0. The standard InChI is InChI=1S/C14H29O2/c1-7-13(15-11(3)4)9-10-14(8-2)16-12(5)6/h11-14H,1,7-10H2,2-6H3. The molecule has 0 aliphatic heterocycles. The van der Waals surface area contributed by atoms with Gasteiger partial charge in [0, 0.05) is 0 Å². The molecular formula is C14H29O2. The molecule has 0 aromatic heterocycles. The summed E-state index contributed by atoms with van der Waals surface area (Å²) in [6, 6.07) is 0. The molecular weight excluding hydrogens is 200 g/mol. The maximum absolute atomic E-state index is 5.82. The normalized spacial score (nSPS) is 15.8. The van der Waals surface area contributed by atoms with E-state index in [1.165, 1.54) is 0 Å². The van der Waals surface area contributed by atoms with Gasteiger partial charge in [-0.15, -0.1) is 0 Å². The Hall–Kier alpha value is -0.0800. The van der Waals surface area contributed by atoms with E-state index in [1.807, 2.05) is 0 Å². The highest BCUT2D eigenvalue weighted by Gasteiger charge is 2.14. The van der Waals surface area contributed by atoms with Crippen molar-refractivity contribution in [2.75, 3.05) is 0 Å². The summed E-state index contributed by atoms with van der Waals surface area (Å²) < 4.78 is 11.6. The lowest BCUT2D eigenvalue weighted by Gasteiger charge is -2.23. The summed E-state index contributed by atoms with van der Waals surface area (Å²) in [4.78, 5) is 0. The van der Waals surface area contributed by atoms with Crippen molar-refractivity contribution in [3.63, 3.8) is 0 Å². The van der Waals surface area contributed by atoms with Crippen LogP contribution in [0.3, 0.4) is 0 Å². The molecule has 0 aliphatic rings. The van der Waals surface area contributed by atoms with Crippen molar-refractivity contribution in [1.29, 1.82) is 0 Å². The fourth-order valence-corrected chi connectivity index (χ4v) is 1.79. The summed E-state index contributed by atoms with van der Waals surface area (Å²) in [6.45, 7) is 14.4. The van der Waals surface area contributed by atoms with Crippen molar-refractivity contribution in [3.05, 3.63) is 6.92 Å². The van der Waals surface area contributed by atoms with Crippen molar-refractivity contribution < 1.29 is 9.47 Å². The fourth-order valence-electron chi connectivity index (χ4n) is 1.79. The zero-order valence-corrected chi connectivity index (χ0v) is 11.7. The van der Waals surface area contributed by atoms with Crippen molar-refractivity contribution in [2.45, 2.75) is 84.7 Å². The van der Waals surface area contributed by atoms with E-state index in [0.717, 1.165) is 25.7 Å². The topological polar surface area (TPSA) is 18.5 Å². The van der Waals surface area contributed by atoms with E-state index >= 15 is 0 Å². The van der Waals surface area contributed by atoms with Gasteiger partial charge >= 0.3 is 0 Å². The van der Waals surface area contributed by atoms with Gasteiger partial charge < -0.3 is 9.47 Å². The largest absolute Gasteiger partial charge is 0.376 e. The minimum absolute atomic E-state index is 0.282. The molecule has 0 spiro atoms. The zero-order valence-electron chi connectivity index (χ0n) is 11.7. The molecule has 0 aromatic rings. The van der Waals surface area contributed by atoms with Gasteiger partial charge in [-0.05, 0) is 53.4 Å². The smallest absolute Gasteiger partial charge is 0.0579 e. The highest BCUT2D eigenvalue weighted by molar-refractivity contribution is 4.66. The summed E-state index contributed by atoms with van der Waals surface area (Å²) in [5.74, 6) is 0. The Kier molecular flexibility index (Phi) is 8.96. The number of hydrogen-bond acceptors (Lipinski definition) is 2. The molecule has 1 radical (unpaired) electrons. The molecule has 0 saturated carbocycles. The van der Waals surface area contributed by atoms with E-state index in [1.54, 1.807) is 0 Å². The van der Waals surface area contributed by atoms with Crippen LogP contribution in [0.15, 0.2) is 0 Å². The maximum Gasteiger partial charge on any atom is 0.0579 e. The minimum atomic E-state index is 0.282. The molecule has 2 atom stereocenters. The Labute approximate surface area is 102 Å². The maximum atomic E-state index is 5.82. The minimum Gasteiger partial charge on any atom is -0.376 e. The highest BCUT2D eigenvalue weighted by Crippen LogP contribution is 2.15. The van der Waals surface area contributed by atoms with Crippen LogP contribution in [-0.2, 0) is 9.47 Å². The fraction of sp³-hybridized carbons (Fsp3) is 0.929. The van der Waals surface area contributed by atoms with Gasteiger partial charge in [-0.2, -0.15) is 0 Å². The molecule has 0 N–H and O–H groups in total. The van der Waals surface area contributed by atoms with Crippen molar-refractivity contribution in [3.8, 4) is 0 Å². The molecule has 2 unspecified atom stereocenters. The van der Waals surface area contributed by atoms with Gasteiger partial charge in [0.1, 0.15) is 0 Å². The lowest BCUT2D eigenvalue weighted by atomic mass is 10.1. The van der Waals surface area contributed by atoms with E-state index in [4.69, 9.17) is 9.47 Å². The molecule has 0 amide bonds. The predicted molar refractivity (Wildman–Crippen MR) is 69.5 cm³/mol. The highest BCUT2D eigenvalue weighted by atomic mass is 16.5. The van der Waals surface area contributed by atoms with E-state index in [9.17, 15) is 0 Å². The lowest BCUT2D eigenvalue weighted by Crippen LogP contribution is -2.22. The van der Waals surface area contributed by atoms with E-state index in [-0.39, 0.29) is 12.2 Å². The quantitative estimate of drug-likeness (QED) is 0.595. The second-order valence-electron chi connectivity index (χ2n) is 4.89. The zero-order chi connectivity index (χ0) is 12.6. The second kappa shape index (κ2) is 9.00. The SMILES string of the molecule is [CH2]CC(CCC(CC)OC(C)C)OC(C)C. The average molecular weight is 229 g/mol. The molecule has 2 nitrogen and oxygen atoms in total. The molecule has 0 saturated heterocycles. The average Bonchev–Trinajstić information content (AvgIpc) is 2.20. The van der Waals surface area contributed by atoms with Crippen LogP contribution in [0.2, 0.25) is 0 Å². The summed E-state index contributed by atoms with van der Waals surface area (Å²) in [5.41, 5.74) is 0. The van der Waals surface area contributed by atoms with Gasteiger partial charge in [0.25, 0.3) is 0 Å². The van der Waals surface area contributed by atoms with E-state index < -0.39 is 0 Å². The van der Waals surface area contributed by atoms with Gasteiger partial charge in [0.2, 0.25) is 0 Å². The van der Waals surface area contributed by atoms with Crippen LogP contribution in [0.1, 0.15) is 60.3 Å². The molecule has 0 rings (SSSR count). The van der Waals surface area contributed by atoms with Crippen LogP contribution >= 0.6 is 0 Å². The molecule has 16 heavy (non-hydrogen) atoms. The summed E-state index contributed by atoms with van der Waals surface area (Å²) in [6.07, 6.45) is 5.29. The Morgan fingerprint density at radius 2 is 1.31 bits per heavy atom. The van der Waals surface area contributed by atoms with Gasteiger partial charge in [-0.1, -0.05) is 13.8 Å². The molecule has 0 heterocycles. The van der Waals surface area contributed by atoms with Gasteiger partial charge in [-0.25, -0.2) is 0 Å². The molecule has 0 fully saturated rings. The molecule has 0 bridgehead atoms. The number of rotatable bonds is 9. The first-order valence-electron chi connectivity index (χ1n) is 6.59. The molecule has 97 valence electrons. The summed E-state index contributed by atoms with van der Waals surface area (Å²) in [5, 5.41) is 0. The predicted octanol–water partition coefficient (Wildman–Crippen LogP) is 3.99. The van der Waals surface area contributed by atoms with Crippen LogP contribution < -0.4 is 0 Å². The summed E-state index contributed by atoms with van der Waals surface area (Å²) in [7, 11) is 0. The van der Waals surface area contributed by atoms with E-state index in [2.05, 4.69) is 41.5 Å². The van der Waals surface area contributed by atoms with Crippen molar-refractivity contribution >= 4 is 0 Å². The van der Waals surface area contributed by atoms with Crippen molar-refractivity contribution in [1.82, 2.24) is 0 Å². The molecule has 2 heteroatoms. The van der Waals surface area contributed by atoms with Gasteiger partial charge in [0.15, 0.2) is 0 Å². The number of ether oxygens (including phenoxy) is 2. The number of hydrogen-bond donors (Lipinski definition) is 0. The molecule has 0 aliphatic carbocycles. The Bertz CT molecular complexity index is 137. The third-order valence-electron chi connectivity index (χ3n) is 2.52.